The molecule has 1 aromatic rings. The molecule has 1 aliphatic rings. The lowest BCUT2D eigenvalue weighted by molar-refractivity contribution is 0.0558. The number of benzene rings is 1. The highest BCUT2D eigenvalue weighted by molar-refractivity contribution is 5.99. The molecule has 0 aliphatic heterocycles. The smallest absolute Gasteiger partial charge is 0.253 e. The Balaban J connectivity index is 2.09. The summed E-state index contributed by atoms with van der Waals surface area (Å²) in [5, 5.41) is 5.89. The molecule has 0 radical (unpaired) electrons. The lowest BCUT2D eigenvalue weighted by Crippen LogP contribution is -2.57. The largest absolute Gasteiger partial charge is 0.382 e. The first-order valence-electron chi connectivity index (χ1n) is 7.48. The van der Waals surface area contributed by atoms with Gasteiger partial charge in [-0.2, -0.15) is 0 Å². The molecule has 1 amide bonds. The Morgan fingerprint density at radius 2 is 2.10 bits per heavy atom. The van der Waals surface area contributed by atoms with Gasteiger partial charge in [0.2, 0.25) is 0 Å². The molecule has 116 valence electrons. The number of anilines is 1. The summed E-state index contributed by atoms with van der Waals surface area (Å²) in [5.74, 6) is -0.617. The Morgan fingerprint density at radius 3 is 2.62 bits per heavy atom. The van der Waals surface area contributed by atoms with Crippen molar-refractivity contribution in [2.24, 2.45) is 0 Å². The second-order valence-electron chi connectivity index (χ2n) is 5.85. The van der Waals surface area contributed by atoms with Crippen molar-refractivity contribution in [3.8, 4) is 0 Å². The van der Waals surface area contributed by atoms with Gasteiger partial charge in [-0.05, 0) is 52.4 Å². The first-order valence-corrected chi connectivity index (χ1v) is 7.48. The minimum absolute atomic E-state index is 0.0569. The molecule has 4 nitrogen and oxygen atoms in total. The predicted octanol–water partition coefficient (Wildman–Crippen LogP) is 2.47. The molecule has 21 heavy (non-hydrogen) atoms. The average molecular weight is 293 g/mol. The highest BCUT2D eigenvalue weighted by Crippen LogP contribution is 2.35. The van der Waals surface area contributed by atoms with Crippen LogP contribution in [0.4, 0.5) is 10.1 Å². The third-order valence-electron chi connectivity index (χ3n) is 4.42. The summed E-state index contributed by atoms with van der Waals surface area (Å²) in [5.41, 5.74) is 0.705. The summed E-state index contributed by atoms with van der Waals surface area (Å²) < 4.78 is 13.8. The SMILES string of the molecule is CCNc1c(F)cccc1C(=O)NCC1(N(C)C)CCC1. The van der Waals surface area contributed by atoms with E-state index in [-0.39, 0.29) is 17.1 Å². The molecule has 0 heterocycles. The summed E-state index contributed by atoms with van der Waals surface area (Å²) in [6, 6.07) is 4.58. The summed E-state index contributed by atoms with van der Waals surface area (Å²) >= 11 is 0. The molecule has 1 aliphatic carbocycles. The Labute approximate surface area is 125 Å². The van der Waals surface area contributed by atoms with E-state index in [1.165, 1.54) is 12.5 Å². The maximum absolute atomic E-state index is 13.8. The van der Waals surface area contributed by atoms with Crippen molar-refractivity contribution in [1.29, 1.82) is 0 Å². The molecule has 1 aromatic carbocycles. The molecular formula is C16H24FN3O. The Kier molecular flexibility index (Phi) is 4.83. The van der Waals surface area contributed by atoms with E-state index in [2.05, 4.69) is 15.5 Å². The summed E-state index contributed by atoms with van der Waals surface area (Å²) in [6.45, 7) is 3.05. The summed E-state index contributed by atoms with van der Waals surface area (Å²) in [7, 11) is 4.08. The fourth-order valence-electron chi connectivity index (χ4n) is 2.78. The number of halogens is 1. The number of likely N-dealkylation sites (N-methyl/N-ethyl adjacent to an activating group) is 1. The van der Waals surface area contributed by atoms with E-state index in [0.717, 1.165) is 12.8 Å². The zero-order valence-corrected chi connectivity index (χ0v) is 13.0. The lowest BCUT2D eigenvalue weighted by atomic mass is 9.75. The van der Waals surface area contributed by atoms with Crippen molar-refractivity contribution in [3.63, 3.8) is 0 Å². The number of rotatable bonds is 6. The Morgan fingerprint density at radius 1 is 1.38 bits per heavy atom. The summed E-state index contributed by atoms with van der Waals surface area (Å²) in [6.07, 6.45) is 3.36. The second kappa shape index (κ2) is 6.43. The topological polar surface area (TPSA) is 44.4 Å². The maximum atomic E-state index is 13.8. The lowest BCUT2D eigenvalue weighted by Gasteiger charge is -2.47. The van der Waals surface area contributed by atoms with Gasteiger partial charge in [0, 0.05) is 18.6 Å². The van der Waals surface area contributed by atoms with Crippen LogP contribution in [0.3, 0.4) is 0 Å². The molecule has 2 N–H and O–H groups in total. The highest BCUT2D eigenvalue weighted by Gasteiger charge is 2.39. The van der Waals surface area contributed by atoms with Gasteiger partial charge in [0.15, 0.2) is 0 Å². The maximum Gasteiger partial charge on any atom is 0.253 e. The van der Waals surface area contributed by atoms with Gasteiger partial charge in [-0.1, -0.05) is 6.07 Å². The van der Waals surface area contributed by atoms with Crippen LogP contribution in [0, 0.1) is 5.82 Å². The van der Waals surface area contributed by atoms with Gasteiger partial charge in [0.05, 0.1) is 11.3 Å². The van der Waals surface area contributed by atoms with Crippen molar-refractivity contribution < 1.29 is 9.18 Å². The average Bonchev–Trinajstić information content (AvgIpc) is 2.39. The van der Waals surface area contributed by atoms with Crippen LogP contribution < -0.4 is 10.6 Å². The van der Waals surface area contributed by atoms with Crippen LogP contribution in [0.5, 0.6) is 0 Å². The summed E-state index contributed by atoms with van der Waals surface area (Å²) in [4.78, 5) is 14.5. The van der Waals surface area contributed by atoms with Crippen molar-refractivity contribution >= 4 is 11.6 Å². The van der Waals surface area contributed by atoms with Crippen LogP contribution in [0.1, 0.15) is 36.5 Å². The van der Waals surface area contributed by atoms with Crippen molar-refractivity contribution in [3.05, 3.63) is 29.6 Å². The van der Waals surface area contributed by atoms with Crippen LogP contribution in [0.15, 0.2) is 18.2 Å². The minimum Gasteiger partial charge on any atom is -0.382 e. The number of hydrogen-bond acceptors (Lipinski definition) is 3. The van der Waals surface area contributed by atoms with Gasteiger partial charge in [-0.25, -0.2) is 4.39 Å². The number of amides is 1. The predicted molar refractivity (Wildman–Crippen MR) is 83.2 cm³/mol. The standard InChI is InChI=1S/C16H24FN3O/c1-4-18-14-12(7-5-8-13(14)17)15(21)19-11-16(20(2)3)9-6-10-16/h5,7-8,18H,4,6,9-11H2,1-3H3,(H,19,21). The Hall–Kier alpha value is -1.62. The van der Waals surface area contributed by atoms with Crippen LogP contribution >= 0.6 is 0 Å². The Bertz CT molecular complexity index is 512. The van der Waals surface area contributed by atoms with Gasteiger partial charge in [-0.15, -0.1) is 0 Å². The fraction of sp³-hybridized carbons (Fsp3) is 0.562. The van der Waals surface area contributed by atoms with Crippen molar-refractivity contribution in [2.45, 2.75) is 31.7 Å². The van der Waals surface area contributed by atoms with E-state index in [1.54, 1.807) is 12.1 Å². The molecule has 1 saturated carbocycles. The van der Waals surface area contributed by atoms with E-state index < -0.39 is 5.82 Å². The van der Waals surface area contributed by atoms with Crippen LogP contribution in [0.25, 0.3) is 0 Å². The van der Waals surface area contributed by atoms with Gasteiger partial charge in [-0.3, -0.25) is 4.79 Å². The number of nitrogens with one attached hydrogen (secondary N) is 2. The molecule has 0 atom stereocenters. The van der Waals surface area contributed by atoms with Crippen molar-refractivity contribution in [1.82, 2.24) is 10.2 Å². The normalized spacial score (nSPS) is 16.4. The minimum atomic E-state index is -0.393. The molecule has 0 spiro atoms. The molecule has 0 aromatic heterocycles. The quantitative estimate of drug-likeness (QED) is 0.847. The molecular weight excluding hydrogens is 269 g/mol. The molecule has 0 bridgehead atoms. The van der Waals surface area contributed by atoms with E-state index >= 15 is 0 Å². The molecule has 5 heteroatoms. The van der Waals surface area contributed by atoms with Crippen LogP contribution in [-0.4, -0.2) is 43.5 Å². The fourth-order valence-corrected chi connectivity index (χ4v) is 2.78. The van der Waals surface area contributed by atoms with E-state index in [9.17, 15) is 9.18 Å². The molecule has 0 saturated heterocycles. The number of hydrogen-bond donors (Lipinski definition) is 2. The number of carbonyl (C=O) groups is 1. The third kappa shape index (κ3) is 3.18. The third-order valence-corrected chi connectivity index (χ3v) is 4.42. The second-order valence-corrected chi connectivity index (χ2v) is 5.85. The number of nitrogens with zero attached hydrogens (tertiary/aromatic N) is 1. The first-order chi connectivity index (χ1) is 10.00. The van der Waals surface area contributed by atoms with Crippen molar-refractivity contribution in [2.75, 3.05) is 32.5 Å². The van der Waals surface area contributed by atoms with Gasteiger partial charge in [0.1, 0.15) is 5.82 Å². The van der Waals surface area contributed by atoms with E-state index in [1.807, 2.05) is 21.0 Å². The van der Waals surface area contributed by atoms with Gasteiger partial charge < -0.3 is 15.5 Å². The van der Waals surface area contributed by atoms with Crippen LogP contribution in [0.2, 0.25) is 0 Å². The van der Waals surface area contributed by atoms with E-state index in [0.29, 0.717) is 18.7 Å². The van der Waals surface area contributed by atoms with Crippen LogP contribution in [-0.2, 0) is 0 Å². The zero-order valence-electron chi connectivity index (χ0n) is 13.0. The zero-order chi connectivity index (χ0) is 15.5. The number of para-hydroxylation sites is 1. The molecule has 0 unspecified atom stereocenters. The first kappa shape index (κ1) is 15.8. The highest BCUT2D eigenvalue weighted by atomic mass is 19.1. The van der Waals surface area contributed by atoms with Gasteiger partial charge >= 0.3 is 0 Å². The van der Waals surface area contributed by atoms with E-state index in [4.69, 9.17) is 0 Å². The molecule has 2 rings (SSSR count). The van der Waals surface area contributed by atoms with Gasteiger partial charge in [0.25, 0.3) is 5.91 Å². The number of carbonyl (C=O) groups excluding carboxylic acids is 1. The monoisotopic (exact) mass is 293 g/mol. The molecule has 1 fully saturated rings.